The van der Waals surface area contributed by atoms with Crippen LogP contribution in [0.4, 0.5) is 0 Å². The van der Waals surface area contributed by atoms with Crippen molar-refractivity contribution in [3.63, 3.8) is 0 Å². The second kappa shape index (κ2) is 6.75. The van der Waals surface area contributed by atoms with E-state index in [-0.39, 0.29) is 11.6 Å². The molecule has 2 heterocycles. The standard InChI is InChI=1S/C17H28N2O2/c1-12(2)15-8-13(10-18-17(3,4)5)9-16(19-15)21-14-6-7-20-11-14/h8-9,12,14,18H,6-7,10-11H2,1-5H3. The fraction of sp³-hybridized carbons (Fsp3) is 0.706. The summed E-state index contributed by atoms with van der Waals surface area (Å²) >= 11 is 0. The number of pyridine rings is 1. The zero-order chi connectivity index (χ0) is 15.5. The predicted octanol–water partition coefficient (Wildman–Crippen LogP) is 3.26. The Bertz CT molecular complexity index is 460. The third kappa shape index (κ3) is 5.29. The first-order valence-corrected chi connectivity index (χ1v) is 7.84. The molecule has 21 heavy (non-hydrogen) atoms. The van der Waals surface area contributed by atoms with E-state index in [2.05, 4.69) is 51.0 Å². The number of nitrogens with zero attached hydrogens (tertiary/aromatic N) is 1. The largest absolute Gasteiger partial charge is 0.472 e. The van der Waals surface area contributed by atoms with E-state index in [1.54, 1.807) is 0 Å². The SMILES string of the molecule is CC(C)c1cc(CNC(C)(C)C)cc(OC2CCOC2)n1. The molecule has 0 radical (unpaired) electrons. The molecule has 0 saturated carbocycles. The summed E-state index contributed by atoms with van der Waals surface area (Å²) in [6, 6.07) is 4.21. The van der Waals surface area contributed by atoms with Crippen LogP contribution in [-0.4, -0.2) is 29.8 Å². The van der Waals surface area contributed by atoms with Gasteiger partial charge < -0.3 is 14.8 Å². The molecule has 1 aliphatic rings. The van der Waals surface area contributed by atoms with Crippen LogP contribution in [0.1, 0.15) is 58.2 Å². The van der Waals surface area contributed by atoms with Crippen molar-refractivity contribution in [2.24, 2.45) is 0 Å². The van der Waals surface area contributed by atoms with Crippen LogP contribution in [0.25, 0.3) is 0 Å². The van der Waals surface area contributed by atoms with E-state index in [9.17, 15) is 0 Å². The van der Waals surface area contributed by atoms with Crippen molar-refractivity contribution >= 4 is 0 Å². The fourth-order valence-electron chi connectivity index (χ4n) is 2.18. The lowest BCUT2D eigenvalue weighted by Gasteiger charge is -2.21. The molecule has 1 saturated heterocycles. The number of aromatic nitrogens is 1. The Morgan fingerprint density at radius 1 is 1.38 bits per heavy atom. The maximum absolute atomic E-state index is 5.97. The first-order valence-electron chi connectivity index (χ1n) is 7.84. The van der Waals surface area contributed by atoms with Crippen LogP contribution in [0, 0.1) is 0 Å². The lowest BCUT2D eigenvalue weighted by molar-refractivity contribution is 0.137. The van der Waals surface area contributed by atoms with Crippen LogP contribution in [0.15, 0.2) is 12.1 Å². The highest BCUT2D eigenvalue weighted by atomic mass is 16.5. The summed E-state index contributed by atoms with van der Waals surface area (Å²) in [5, 5.41) is 3.52. The maximum Gasteiger partial charge on any atom is 0.214 e. The van der Waals surface area contributed by atoms with E-state index < -0.39 is 0 Å². The number of hydrogen-bond donors (Lipinski definition) is 1. The number of ether oxygens (including phenoxy) is 2. The predicted molar refractivity (Wildman–Crippen MR) is 84.8 cm³/mol. The highest BCUT2D eigenvalue weighted by molar-refractivity contribution is 5.27. The Labute approximate surface area is 128 Å². The van der Waals surface area contributed by atoms with Gasteiger partial charge in [-0.1, -0.05) is 13.8 Å². The Balaban J connectivity index is 2.13. The molecule has 1 aromatic rings. The van der Waals surface area contributed by atoms with Gasteiger partial charge in [-0.15, -0.1) is 0 Å². The zero-order valence-corrected chi connectivity index (χ0v) is 13.9. The van der Waals surface area contributed by atoms with Gasteiger partial charge in [0.1, 0.15) is 6.10 Å². The second-order valence-corrected chi connectivity index (χ2v) is 7.10. The molecule has 118 valence electrons. The molecule has 1 N–H and O–H groups in total. The summed E-state index contributed by atoms with van der Waals surface area (Å²) < 4.78 is 11.3. The van der Waals surface area contributed by atoms with Gasteiger partial charge in [0, 0.05) is 30.3 Å². The fourth-order valence-corrected chi connectivity index (χ4v) is 2.18. The molecule has 1 atom stereocenters. The van der Waals surface area contributed by atoms with E-state index >= 15 is 0 Å². The molecule has 0 amide bonds. The molecule has 1 aromatic heterocycles. The van der Waals surface area contributed by atoms with Crippen molar-refractivity contribution < 1.29 is 9.47 Å². The van der Waals surface area contributed by atoms with Gasteiger partial charge in [-0.2, -0.15) is 0 Å². The number of nitrogens with one attached hydrogen (secondary N) is 1. The average Bonchev–Trinajstić information content (AvgIpc) is 2.88. The lowest BCUT2D eigenvalue weighted by atomic mass is 10.1. The molecule has 0 aliphatic carbocycles. The third-order valence-corrected chi connectivity index (χ3v) is 3.47. The smallest absolute Gasteiger partial charge is 0.214 e. The zero-order valence-electron chi connectivity index (χ0n) is 13.9. The van der Waals surface area contributed by atoms with Crippen molar-refractivity contribution in [3.05, 3.63) is 23.4 Å². The van der Waals surface area contributed by atoms with Crippen molar-refractivity contribution in [3.8, 4) is 5.88 Å². The van der Waals surface area contributed by atoms with Crippen LogP contribution in [0.2, 0.25) is 0 Å². The van der Waals surface area contributed by atoms with Crippen LogP contribution >= 0.6 is 0 Å². The van der Waals surface area contributed by atoms with Crippen LogP contribution in [-0.2, 0) is 11.3 Å². The van der Waals surface area contributed by atoms with Gasteiger partial charge in [0.2, 0.25) is 5.88 Å². The van der Waals surface area contributed by atoms with E-state index in [0.29, 0.717) is 12.5 Å². The average molecular weight is 292 g/mol. The highest BCUT2D eigenvalue weighted by Crippen LogP contribution is 2.22. The molecule has 0 bridgehead atoms. The number of hydrogen-bond acceptors (Lipinski definition) is 4. The van der Waals surface area contributed by atoms with Gasteiger partial charge in [0.25, 0.3) is 0 Å². The van der Waals surface area contributed by atoms with Gasteiger partial charge in [-0.3, -0.25) is 0 Å². The third-order valence-electron chi connectivity index (χ3n) is 3.47. The molecular formula is C17H28N2O2. The topological polar surface area (TPSA) is 43.4 Å². The quantitative estimate of drug-likeness (QED) is 0.904. The Morgan fingerprint density at radius 3 is 2.71 bits per heavy atom. The van der Waals surface area contributed by atoms with Gasteiger partial charge in [0.15, 0.2) is 0 Å². The van der Waals surface area contributed by atoms with E-state index in [1.807, 2.05) is 6.07 Å². The molecule has 0 aromatic carbocycles. The first-order chi connectivity index (χ1) is 9.83. The second-order valence-electron chi connectivity index (χ2n) is 7.10. The van der Waals surface area contributed by atoms with Crippen LogP contribution in [0.5, 0.6) is 5.88 Å². The minimum absolute atomic E-state index is 0.0988. The van der Waals surface area contributed by atoms with Gasteiger partial charge in [0.05, 0.1) is 13.2 Å². The van der Waals surface area contributed by atoms with Crippen molar-refractivity contribution in [1.82, 2.24) is 10.3 Å². The van der Waals surface area contributed by atoms with Crippen LogP contribution in [0.3, 0.4) is 0 Å². The molecule has 4 heteroatoms. The molecule has 2 rings (SSSR count). The summed E-state index contributed by atoms with van der Waals surface area (Å²) in [5.74, 6) is 1.11. The van der Waals surface area contributed by atoms with Gasteiger partial charge >= 0.3 is 0 Å². The Kier molecular flexibility index (Phi) is 5.22. The Morgan fingerprint density at radius 2 is 2.14 bits per heavy atom. The Hall–Kier alpha value is -1.13. The summed E-state index contributed by atoms with van der Waals surface area (Å²) in [4.78, 5) is 4.64. The van der Waals surface area contributed by atoms with Crippen molar-refractivity contribution in [1.29, 1.82) is 0 Å². The number of rotatable bonds is 5. The van der Waals surface area contributed by atoms with Crippen LogP contribution < -0.4 is 10.1 Å². The molecule has 4 nitrogen and oxygen atoms in total. The summed E-state index contributed by atoms with van der Waals surface area (Å²) in [5.41, 5.74) is 2.40. The highest BCUT2D eigenvalue weighted by Gasteiger charge is 2.19. The monoisotopic (exact) mass is 292 g/mol. The first kappa shape index (κ1) is 16.2. The van der Waals surface area contributed by atoms with Gasteiger partial charge in [-0.05, 0) is 38.3 Å². The summed E-state index contributed by atoms with van der Waals surface area (Å²) in [6.07, 6.45) is 1.09. The van der Waals surface area contributed by atoms with Gasteiger partial charge in [-0.25, -0.2) is 4.98 Å². The summed E-state index contributed by atoms with van der Waals surface area (Å²) in [7, 11) is 0. The summed E-state index contributed by atoms with van der Waals surface area (Å²) in [6.45, 7) is 13.1. The molecule has 0 spiro atoms. The molecule has 1 fully saturated rings. The van der Waals surface area contributed by atoms with E-state index in [1.165, 1.54) is 5.56 Å². The lowest BCUT2D eigenvalue weighted by Crippen LogP contribution is -2.35. The van der Waals surface area contributed by atoms with E-state index in [0.717, 1.165) is 31.1 Å². The molecule has 1 unspecified atom stereocenters. The van der Waals surface area contributed by atoms with E-state index in [4.69, 9.17) is 9.47 Å². The molecule has 1 aliphatic heterocycles. The minimum atomic E-state index is 0.0988. The van der Waals surface area contributed by atoms with Crippen molar-refractivity contribution in [2.75, 3.05) is 13.2 Å². The van der Waals surface area contributed by atoms with Crippen molar-refractivity contribution in [2.45, 2.75) is 65.1 Å². The normalized spacial score (nSPS) is 19.2. The minimum Gasteiger partial charge on any atom is -0.472 e. The molecular weight excluding hydrogens is 264 g/mol. The maximum atomic E-state index is 5.97.